The zero-order valence-electron chi connectivity index (χ0n) is 15.2. The van der Waals surface area contributed by atoms with Gasteiger partial charge in [-0.1, -0.05) is 13.0 Å². The summed E-state index contributed by atoms with van der Waals surface area (Å²) < 4.78 is 33.9. The second kappa shape index (κ2) is 10.4. The molecule has 0 spiro atoms. The van der Waals surface area contributed by atoms with Crippen LogP contribution in [0.4, 0.5) is 8.78 Å². The minimum absolute atomic E-state index is 0.0267. The second-order valence-electron chi connectivity index (χ2n) is 5.67. The molecular formula is C18H24F2N2O4. The number of benzene rings is 1. The highest BCUT2D eigenvalue weighted by Gasteiger charge is 2.15. The van der Waals surface area contributed by atoms with Gasteiger partial charge in [0.25, 0.3) is 0 Å². The minimum atomic E-state index is -2.96. The Hall–Kier alpha value is -2.64. The van der Waals surface area contributed by atoms with Crippen molar-refractivity contribution in [2.75, 3.05) is 7.11 Å². The Morgan fingerprint density at radius 1 is 1.19 bits per heavy atom. The Kier molecular flexibility index (Phi) is 8.54. The number of hydrogen-bond acceptors (Lipinski definition) is 4. The van der Waals surface area contributed by atoms with Crippen molar-refractivity contribution < 1.29 is 27.8 Å². The first kappa shape index (κ1) is 21.4. The van der Waals surface area contributed by atoms with E-state index in [4.69, 9.17) is 4.74 Å². The molecule has 2 unspecified atom stereocenters. The van der Waals surface area contributed by atoms with Crippen LogP contribution in [0, 0.1) is 0 Å². The topological polar surface area (TPSA) is 76.7 Å². The number of ether oxygens (including phenoxy) is 2. The van der Waals surface area contributed by atoms with Crippen molar-refractivity contribution in [1.82, 2.24) is 10.6 Å². The van der Waals surface area contributed by atoms with Gasteiger partial charge in [0.1, 0.15) is 6.04 Å². The molecule has 1 aromatic carbocycles. The number of halogens is 2. The molecule has 0 bridgehead atoms. The molecule has 144 valence electrons. The van der Waals surface area contributed by atoms with E-state index in [-0.39, 0.29) is 23.4 Å². The molecule has 0 radical (unpaired) electrons. The van der Waals surface area contributed by atoms with Crippen molar-refractivity contribution in [1.29, 1.82) is 0 Å². The van der Waals surface area contributed by atoms with Gasteiger partial charge in [0.15, 0.2) is 11.5 Å². The summed E-state index contributed by atoms with van der Waals surface area (Å²) in [5, 5.41) is 5.33. The quantitative estimate of drug-likeness (QED) is 0.656. The third-order valence-electron chi connectivity index (χ3n) is 3.58. The molecule has 0 saturated heterocycles. The van der Waals surface area contributed by atoms with Gasteiger partial charge in [0, 0.05) is 12.1 Å². The lowest BCUT2D eigenvalue weighted by atomic mass is 10.2. The summed E-state index contributed by atoms with van der Waals surface area (Å²) in [6.45, 7) is 2.45. The fourth-order valence-corrected chi connectivity index (χ4v) is 1.95. The highest BCUT2D eigenvalue weighted by Crippen LogP contribution is 2.29. The van der Waals surface area contributed by atoms with Gasteiger partial charge >= 0.3 is 6.61 Å². The number of rotatable bonds is 9. The van der Waals surface area contributed by atoms with Gasteiger partial charge in [-0.25, -0.2) is 0 Å². The zero-order chi connectivity index (χ0) is 19.7. The van der Waals surface area contributed by atoms with E-state index in [0.717, 1.165) is 6.42 Å². The highest BCUT2D eigenvalue weighted by atomic mass is 19.3. The van der Waals surface area contributed by atoms with Crippen LogP contribution in [-0.4, -0.2) is 37.6 Å². The van der Waals surface area contributed by atoms with E-state index in [1.807, 2.05) is 13.8 Å². The average Bonchev–Trinajstić information content (AvgIpc) is 2.59. The van der Waals surface area contributed by atoms with E-state index in [2.05, 4.69) is 15.4 Å². The number of carbonyl (C=O) groups excluding carboxylic acids is 2. The van der Waals surface area contributed by atoms with E-state index in [0.29, 0.717) is 5.56 Å². The van der Waals surface area contributed by atoms with Crippen molar-refractivity contribution in [2.45, 2.75) is 45.9 Å². The molecule has 26 heavy (non-hydrogen) atoms. The third-order valence-corrected chi connectivity index (χ3v) is 3.58. The molecule has 0 aliphatic heterocycles. The lowest BCUT2D eigenvalue weighted by Gasteiger charge is -2.16. The van der Waals surface area contributed by atoms with Gasteiger partial charge in [0.2, 0.25) is 11.8 Å². The summed E-state index contributed by atoms with van der Waals surface area (Å²) >= 11 is 0. The molecule has 0 aromatic heterocycles. The largest absolute Gasteiger partial charge is 0.493 e. The molecule has 0 aliphatic carbocycles. The first-order valence-electron chi connectivity index (χ1n) is 8.18. The van der Waals surface area contributed by atoms with E-state index < -0.39 is 18.6 Å². The molecular weight excluding hydrogens is 346 g/mol. The number of methoxy groups -OCH3 is 1. The number of amides is 2. The number of carbonyl (C=O) groups is 2. The Bertz CT molecular complexity index is 650. The van der Waals surface area contributed by atoms with Gasteiger partial charge in [-0.2, -0.15) is 8.78 Å². The molecule has 0 heterocycles. The van der Waals surface area contributed by atoms with Crippen molar-refractivity contribution in [3.05, 3.63) is 29.8 Å². The summed E-state index contributed by atoms with van der Waals surface area (Å²) in [7, 11) is 1.32. The predicted octanol–water partition coefficient (Wildman–Crippen LogP) is 2.73. The van der Waals surface area contributed by atoms with E-state index >= 15 is 0 Å². The first-order chi connectivity index (χ1) is 12.3. The average molecular weight is 370 g/mol. The number of hydrogen-bond donors (Lipinski definition) is 2. The molecule has 0 fully saturated rings. The molecule has 0 aliphatic rings. The van der Waals surface area contributed by atoms with Crippen LogP contribution in [0.15, 0.2) is 24.3 Å². The number of alkyl halides is 2. The third kappa shape index (κ3) is 7.08. The summed E-state index contributed by atoms with van der Waals surface area (Å²) in [5.41, 5.74) is 0.551. The summed E-state index contributed by atoms with van der Waals surface area (Å²) in [5.74, 6) is -0.700. The Balaban J connectivity index is 2.69. The van der Waals surface area contributed by atoms with Crippen LogP contribution in [-0.2, 0) is 9.59 Å². The predicted molar refractivity (Wildman–Crippen MR) is 94.2 cm³/mol. The van der Waals surface area contributed by atoms with Gasteiger partial charge in [-0.05, 0) is 44.0 Å². The molecule has 0 saturated carbocycles. The van der Waals surface area contributed by atoms with Gasteiger partial charge in [0.05, 0.1) is 7.11 Å². The van der Waals surface area contributed by atoms with Crippen LogP contribution in [0.2, 0.25) is 0 Å². The maximum atomic E-state index is 12.3. The fraction of sp³-hybridized carbons (Fsp3) is 0.444. The lowest BCUT2D eigenvalue weighted by molar-refractivity contribution is -0.127. The Labute approximate surface area is 151 Å². The number of nitrogens with one attached hydrogen (secondary N) is 2. The standard InChI is InChI=1S/C18H24F2N2O4/c1-5-11(2)21-17(24)12(3)22-16(23)9-7-13-6-8-14(26-18(19)20)15(10-13)25-4/h6-12,18H,5H2,1-4H3,(H,21,24)(H,22,23)/b9-7+. The molecule has 6 nitrogen and oxygen atoms in total. The Morgan fingerprint density at radius 2 is 1.88 bits per heavy atom. The molecule has 2 amide bonds. The van der Waals surface area contributed by atoms with E-state index in [1.165, 1.54) is 37.5 Å². The molecule has 8 heteroatoms. The smallest absolute Gasteiger partial charge is 0.387 e. The van der Waals surface area contributed by atoms with Gasteiger partial charge in [-0.3, -0.25) is 9.59 Å². The fourth-order valence-electron chi connectivity index (χ4n) is 1.95. The molecule has 1 rings (SSSR count). The normalized spacial score (nSPS) is 13.3. The monoisotopic (exact) mass is 370 g/mol. The van der Waals surface area contributed by atoms with Crippen LogP contribution in [0.25, 0.3) is 6.08 Å². The van der Waals surface area contributed by atoms with Crippen LogP contribution < -0.4 is 20.1 Å². The SMILES string of the molecule is CCC(C)NC(=O)C(C)NC(=O)/C=C/c1ccc(OC(F)F)c(OC)c1. The first-order valence-corrected chi connectivity index (χ1v) is 8.18. The van der Waals surface area contributed by atoms with Gasteiger partial charge in [-0.15, -0.1) is 0 Å². The Morgan fingerprint density at radius 3 is 2.46 bits per heavy atom. The van der Waals surface area contributed by atoms with E-state index in [1.54, 1.807) is 6.92 Å². The van der Waals surface area contributed by atoms with Crippen LogP contribution in [0.1, 0.15) is 32.8 Å². The molecule has 1 aromatic rings. The zero-order valence-corrected chi connectivity index (χ0v) is 15.2. The van der Waals surface area contributed by atoms with Crippen molar-refractivity contribution in [3.8, 4) is 11.5 Å². The minimum Gasteiger partial charge on any atom is -0.493 e. The highest BCUT2D eigenvalue weighted by molar-refractivity contribution is 5.95. The van der Waals surface area contributed by atoms with Crippen LogP contribution in [0.5, 0.6) is 11.5 Å². The summed E-state index contributed by atoms with van der Waals surface area (Å²) in [6, 6.07) is 3.63. The summed E-state index contributed by atoms with van der Waals surface area (Å²) in [4.78, 5) is 23.8. The molecule has 2 atom stereocenters. The molecule has 2 N–H and O–H groups in total. The van der Waals surface area contributed by atoms with Crippen molar-refractivity contribution in [3.63, 3.8) is 0 Å². The maximum absolute atomic E-state index is 12.3. The van der Waals surface area contributed by atoms with Crippen LogP contribution in [0.3, 0.4) is 0 Å². The lowest BCUT2D eigenvalue weighted by Crippen LogP contribution is -2.46. The van der Waals surface area contributed by atoms with Crippen molar-refractivity contribution in [2.24, 2.45) is 0 Å². The van der Waals surface area contributed by atoms with Gasteiger partial charge < -0.3 is 20.1 Å². The van der Waals surface area contributed by atoms with Crippen LogP contribution >= 0.6 is 0 Å². The van der Waals surface area contributed by atoms with Crippen molar-refractivity contribution >= 4 is 17.9 Å². The summed E-state index contributed by atoms with van der Waals surface area (Å²) in [6.07, 6.45) is 3.51. The maximum Gasteiger partial charge on any atom is 0.387 e. The second-order valence-corrected chi connectivity index (χ2v) is 5.67. The van der Waals surface area contributed by atoms with E-state index in [9.17, 15) is 18.4 Å².